The first kappa shape index (κ1) is 23.7. The van der Waals surface area contributed by atoms with E-state index in [2.05, 4.69) is 10.3 Å². The van der Waals surface area contributed by atoms with Gasteiger partial charge in [0.2, 0.25) is 10.0 Å². The molecule has 2 rings (SSSR count). The van der Waals surface area contributed by atoms with Gasteiger partial charge in [0.05, 0.1) is 20.4 Å². The number of anilines is 1. The monoisotopic (exact) mass is 476 g/mol. The van der Waals surface area contributed by atoms with Crippen LogP contribution < -0.4 is 5.32 Å². The average molecular weight is 477 g/mol. The highest BCUT2D eigenvalue weighted by Gasteiger charge is 2.24. The normalized spacial score (nSPS) is 11.3. The van der Waals surface area contributed by atoms with Crippen molar-refractivity contribution in [2.75, 3.05) is 25.0 Å². The molecule has 162 valence electrons. The van der Waals surface area contributed by atoms with Crippen molar-refractivity contribution in [1.29, 1.82) is 0 Å². The van der Waals surface area contributed by atoms with Crippen LogP contribution >= 0.6 is 22.9 Å². The number of halogens is 1. The number of nitrogens with one attached hydrogen (secondary N) is 1. The number of hydrogen-bond donors (Lipinski definition) is 1. The molecule has 0 bridgehead atoms. The van der Waals surface area contributed by atoms with Gasteiger partial charge in [-0.3, -0.25) is 20.2 Å². The van der Waals surface area contributed by atoms with E-state index in [1.165, 1.54) is 16.4 Å². The SMILES string of the molecule is CCN(CC)S(=O)(=O)c1ccc(Cl)c(C(=O)OCC(=O)Nc2ncc([N+](=O)[O-])s2)c1. The molecule has 1 amide bonds. The van der Waals surface area contributed by atoms with E-state index >= 15 is 0 Å². The molecule has 1 aromatic carbocycles. The molecule has 1 heterocycles. The smallest absolute Gasteiger partial charge is 0.345 e. The summed E-state index contributed by atoms with van der Waals surface area (Å²) in [4.78, 5) is 37.7. The van der Waals surface area contributed by atoms with Crippen molar-refractivity contribution in [3.8, 4) is 0 Å². The van der Waals surface area contributed by atoms with Crippen molar-refractivity contribution in [3.05, 3.63) is 45.1 Å². The van der Waals surface area contributed by atoms with E-state index in [0.29, 0.717) is 11.3 Å². The fourth-order valence-corrected chi connectivity index (χ4v) is 4.63. The Hall–Kier alpha value is -2.61. The topological polar surface area (TPSA) is 149 Å². The lowest BCUT2D eigenvalue weighted by Gasteiger charge is -2.19. The van der Waals surface area contributed by atoms with E-state index in [4.69, 9.17) is 16.3 Å². The first-order valence-electron chi connectivity index (χ1n) is 8.47. The van der Waals surface area contributed by atoms with Crippen LogP contribution in [0.3, 0.4) is 0 Å². The number of nitrogens with zero attached hydrogens (tertiary/aromatic N) is 3. The zero-order chi connectivity index (χ0) is 22.5. The Kier molecular flexibility index (Phi) is 7.83. The molecular formula is C16H17ClN4O7S2. The second-order valence-corrected chi connectivity index (χ2v) is 8.97. The standard InChI is InChI=1S/C16H17ClN4O7S2/c1-3-20(4-2)30(26,27)10-5-6-12(17)11(7-10)15(23)28-9-13(22)19-16-18-8-14(29-16)21(24)25/h5-8H,3-4,9H2,1-2H3,(H,18,19,22). The first-order chi connectivity index (χ1) is 14.1. The van der Waals surface area contributed by atoms with Gasteiger partial charge < -0.3 is 4.74 Å². The molecule has 0 fully saturated rings. The molecule has 30 heavy (non-hydrogen) atoms. The molecule has 0 radical (unpaired) electrons. The number of sulfonamides is 1. The van der Waals surface area contributed by atoms with Gasteiger partial charge in [0, 0.05) is 13.1 Å². The van der Waals surface area contributed by atoms with E-state index in [9.17, 15) is 28.1 Å². The molecule has 2 aromatic rings. The molecule has 0 spiro atoms. The maximum atomic E-state index is 12.6. The first-order valence-corrected chi connectivity index (χ1v) is 11.1. The summed E-state index contributed by atoms with van der Waals surface area (Å²) < 4.78 is 31.3. The number of rotatable bonds is 9. The molecule has 1 aromatic heterocycles. The molecule has 0 unspecified atom stereocenters. The number of amides is 1. The molecule has 0 saturated heterocycles. The third kappa shape index (κ3) is 5.50. The largest absolute Gasteiger partial charge is 0.452 e. The minimum absolute atomic E-state index is 0.0342. The number of ether oxygens (including phenoxy) is 1. The number of carbonyl (C=O) groups excluding carboxylic acids is 2. The molecule has 0 atom stereocenters. The van der Waals surface area contributed by atoms with Crippen LogP contribution in [0.4, 0.5) is 10.1 Å². The summed E-state index contributed by atoms with van der Waals surface area (Å²) in [5.74, 6) is -1.78. The highest BCUT2D eigenvalue weighted by molar-refractivity contribution is 7.89. The van der Waals surface area contributed by atoms with Gasteiger partial charge in [-0.25, -0.2) is 18.2 Å². The minimum atomic E-state index is -3.82. The summed E-state index contributed by atoms with van der Waals surface area (Å²) in [7, 11) is -3.82. The molecule has 1 N–H and O–H groups in total. The summed E-state index contributed by atoms with van der Waals surface area (Å²) in [6, 6.07) is 3.61. The third-order valence-corrected chi connectivity index (χ3v) is 6.99. The number of hydrogen-bond acceptors (Lipinski definition) is 9. The van der Waals surface area contributed by atoms with Gasteiger partial charge in [0.15, 0.2) is 11.7 Å². The quantitative estimate of drug-likeness (QED) is 0.329. The molecule has 0 aliphatic rings. The molecule has 0 aliphatic carbocycles. The predicted molar refractivity (Wildman–Crippen MR) is 109 cm³/mol. The molecule has 0 saturated carbocycles. The van der Waals surface area contributed by atoms with Crippen LogP contribution in [0.25, 0.3) is 0 Å². The fraction of sp³-hybridized carbons (Fsp3) is 0.312. The van der Waals surface area contributed by atoms with Crippen LogP contribution in [-0.4, -0.2) is 54.2 Å². The Morgan fingerprint density at radius 3 is 2.57 bits per heavy atom. The van der Waals surface area contributed by atoms with Gasteiger partial charge >= 0.3 is 11.0 Å². The van der Waals surface area contributed by atoms with Gasteiger partial charge in [-0.15, -0.1) is 0 Å². The Morgan fingerprint density at radius 2 is 2.00 bits per heavy atom. The van der Waals surface area contributed by atoms with Gasteiger partial charge in [-0.05, 0) is 29.5 Å². The van der Waals surface area contributed by atoms with Crippen LogP contribution in [0.2, 0.25) is 5.02 Å². The van der Waals surface area contributed by atoms with E-state index in [0.717, 1.165) is 12.3 Å². The maximum Gasteiger partial charge on any atom is 0.345 e. The lowest BCUT2D eigenvalue weighted by Crippen LogP contribution is -2.30. The van der Waals surface area contributed by atoms with Crippen LogP contribution in [0.5, 0.6) is 0 Å². The number of thiazole rings is 1. The second kappa shape index (κ2) is 9.93. The molecular weight excluding hydrogens is 460 g/mol. The summed E-state index contributed by atoms with van der Waals surface area (Å²) in [5.41, 5.74) is -0.220. The van der Waals surface area contributed by atoms with Gasteiger partial charge in [-0.2, -0.15) is 4.31 Å². The summed E-state index contributed by atoms with van der Waals surface area (Å²) in [6.07, 6.45) is 0.980. The van der Waals surface area contributed by atoms with Crippen LogP contribution in [0.15, 0.2) is 29.3 Å². The Balaban J connectivity index is 2.09. The van der Waals surface area contributed by atoms with Crippen molar-refractivity contribution < 1.29 is 27.7 Å². The predicted octanol–water partition coefficient (Wildman–Crippen LogP) is 2.53. The van der Waals surface area contributed by atoms with Crippen LogP contribution in [-0.2, 0) is 19.6 Å². The van der Waals surface area contributed by atoms with Crippen LogP contribution in [0, 0.1) is 10.1 Å². The molecule has 11 nitrogen and oxygen atoms in total. The highest BCUT2D eigenvalue weighted by Crippen LogP contribution is 2.25. The van der Waals surface area contributed by atoms with Crippen molar-refractivity contribution in [2.45, 2.75) is 18.7 Å². The van der Waals surface area contributed by atoms with Crippen molar-refractivity contribution >= 4 is 55.0 Å². The summed E-state index contributed by atoms with van der Waals surface area (Å²) >= 11 is 6.62. The number of aromatic nitrogens is 1. The second-order valence-electron chi connectivity index (χ2n) is 5.62. The Bertz CT molecular complexity index is 1070. The third-order valence-electron chi connectivity index (χ3n) is 3.76. The zero-order valence-corrected chi connectivity index (χ0v) is 18.2. The van der Waals surface area contributed by atoms with Crippen molar-refractivity contribution in [3.63, 3.8) is 0 Å². The number of benzene rings is 1. The maximum absolute atomic E-state index is 12.6. The minimum Gasteiger partial charge on any atom is -0.452 e. The van der Waals surface area contributed by atoms with Gasteiger partial charge in [0.25, 0.3) is 5.91 Å². The van der Waals surface area contributed by atoms with Gasteiger partial charge in [-0.1, -0.05) is 25.4 Å². The number of esters is 1. The number of carbonyl (C=O) groups is 2. The van der Waals surface area contributed by atoms with Crippen molar-refractivity contribution in [2.24, 2.45) is 0 Å². The Morgan fingerprint density at radius 1 is 1.33 bits per heavy atom. The number of nitro groups is 1. The molecule has 14 heteroatoms. The fourth-order valence-electron chi connectivity index (χ4n) is 2.31. The van der Waals surface area contributed by atoms with E-state index in [1.54, 1.807) is 13.8 Å². The average Bonchev–Trinajstić information content (AvgIpc) is 3.15. The lowest BCUT2D eigenvalue weighted by molar-refractivity contribution is -0.380. The van der Waals surface area contributed by atoms with Crippen molar-refractivity contribution in [1.82, 2.24) is 9.29 Å². The summed E-state index contributed by atoms with van der Waals surface area (Å²) in [5, 5.41) is 12.5. The lowest BCUT2D eigenvalue weighted by atomic mass is 10.2. The van der Waals surface area contributed by atoms with Crippen LogP contribution in [0.1, 0.15) is 24.2 Å². The van der Waals surface area contributed by atoms with E-state index in [-0.39, 0.29) is 38.7 Å². The molecule has 0 aliphatic heterocycles. The van der Waals surface area contributed by atoms with E-state index in [1.807, 2.05) is 0 Å². The van der Waals surface area contributed by atoms with E-state index < -0.39 is 33.4 Å². The Labute approximate surface area is 180 Å². The van der Waals surface area contributed by atoms with Gasteiger partial charge in [0.1, 0.15) is 6.20 Å². The zero-order valence-electron chi connectivity index (χ0n) is 15.8. The summed E-state index contributed by atoms with van der Waals surface area (Å²) in [6.45, 7) is 3.13. The highest BCUT2D eigenvalue weighted by atomic mass is 35.5.